The number of rotatable bonds is 9. The highest BCUT2D eigenvalue weighted by Crippen LogP contribution is 2.18. The van der Waals surface area contributed by atoms with Crippen LogP contribution in [0, 0.1) is 13.8 Å². The Morgan fingerprint density at radius 3 is 2.53 bits per heavy atom. The van der Waals surface area contributed by atoms with Crippen LogP contribution in [0.3, 0.4) is 0 Å². The molecule has 0 unspecified atom stereocenters. The number of hydrogen-bond donors (Lipinski definition) is 0. The van der Waals surface area contributed by atoms with Gasteiger partial charge in [-0.15, -0.1) is 0 Å². The number of aromatic nitrogens is 1. The smallest absolute Gasteiger partial charge is 0.326 e. The number of amides is 1. The minimum Gasteiger partial charge on any atom is -0.497 e. The Kier molecular flexibility index (Phi) is 8.09. The fourth-order valence-electron chi connectivity index (χ4n) is 4.09. The second kappa shape index (κ2) is 11.0. The average Bonchev–Trinajstić information content (AvgIpc) is 2.93. The Bertz CT molecular complexity index is 961. The maximum atomic E-state index is 12.7. The van der Waals surface area contributed by atoms with E-state index >= 15 is 0 Å². The molecule has 0 saturated carbocycles. The highest BCUT2D eigenvalue weighted by atomic mass is 16.5. The van der Waals surface area contributed by atoms with E-state index < -0.39 is 5.97 Å². The van der Waals surface area contributed by atoms with Crippen LogP contribution in [0.2, 0.25) is 0 Å². The van der Waals surface area contributed by atoms with E-state index in [1.807, 2.05) is 44.2 Å². The number of likely N-dealkylation sites (tertiary alicyclic amines) is 1. The lowest BCUT2D eigenvalue weighted by atomic mass is 10.1. The quantitative estimate of drug-likeness (QED) is 0.441. The first-order valence-electron chi connectivity index (χ1n) is 11.1. The molecule has 0 N–H and O–H groups in total. The number of ether oxygens (including phenoxy) is 2. The minimum atomic E-state index is -0.540. The highest BCUT2D eigenvalue weighted by molar-refractivity contribution is 5.99. The van der Waals surface area contributed by atoms with Crippen LogP contribution in [0.1, 0.15) is 53.0 Å². The summed E-state index contributed by atoms with van der Waals surface area (Å²) < 4.78 is 12.5. The van der Waals surface area contributed by atoms with E-state index in [-0.39, 0.29) is 24.8 Å². The largest absolute Gasteiger partial charge is 0.497 e. The Hall–Kier alpha value is -3.09. The fraction of sp³-hybridized carbons (Fsp3) is 0.480. The summed E-state index contributed by atoms with van der Waals surface area (Å²) >= 11 is 0. The summed E-state index contributed by atoms with van der Waals surface area (Å²) in [4.78, 5) is 38.5. The minimum absolute atomic E-state index is 0.0221. The van der Waals surface area contributed by atoms with E-state index in [1.165, 1.54) is 10.5 Å². The van der Waals surface area contributed by atoms with Gasteiger partial charge in [0.05, 0.1) is 7.11 Å². The van der Waals surface area contributed by atoms with Crippen molar-refractivity contribution in [3.05, 3.63) is 52.8 Å². The Morgan fingerprint density at radius 2 is 1.81 bits per heavy atom. The molecular formula is C25H32N2O5. The number of hydrogen-bond acceptors (Lipinski definition) is 5. The topological polar surface area (TPSA) is 77.8 Å². The average molecular weight is 441 g/mol. The summed E-state index contributed by atoms with van der Waals surface area (Å²) in [5.41, 5.74) is 3.60. The fourth-order valence-corrected chi connectivity index (χ4v) is 4.09. The van der Waals surface area contributed by atoms with E-state index in [0.717, 1.165) is 49.4 Å². The molecule has 7 heteroatoms. The van der Waals surface area contributed by atoms with Crippen molar-refractivity contribution in [3.63, 3.8) is 0 Å². The number of aryl methyl sites for hydroxylation is 2. The molecule has 2 heterocycles. The molecule has 7 nitrogen and oxygen atoms in total. The standard InChI is InChI=1S/C25H32N2O5/c1-18-15-22(19(2)27(18)14-12-20-8-10-21(31-3)11-9-20)23(28)17-32-25(30)16-26-13-6-4-5-7-24(26)29/h8-11,15H,4-7,12-14,16-17H2,1-3H3. The molecule has 1 aliphatic rings. The van der Waals surface area contributed by atoms with Gasteiger partial charge in [0.25, 0.3) is 0 Å². The molecule has 1 aromatic heterocycles. The molecule has 0 radical (unpaired) electrons. The number of esters is 1. The van der Waals surface area contributed by atoms with Crippen LogP contribution < -0.4 is 4.74 Å². The van der Waals surface area contributed by atoms with Crippen LogP contribution in [0.5, 0.6) is 5.75 Å². The van der Waals surface area contributed by atoms with Gasteiger partial charge >= 0.3 is 5.97 Å². The first-order chi connectivity index (χ1) is 15.4. The molecule has 2 aromatic rings. The molecule has 1 aliphatic heterocycles. The van der Waals surface area contributed by atoms with Gasteiger partial charge in [-0.2, -0.15) is 0 Å². The molecule has 1 fully saturated rings. The van der Waals surface area contributed by atoms with Crippen molar-refractivity contribution in [2.75, 3.05) is 26.8 Å². The zero-order valence-corrected chi connectivity index (χ0v) is 19.2. The number of nitrogens with zero attached hydrogens (tertiary/aromatic N) is 2. The molecule has 3 rings (SSSR count). The first kappa shape index (κ1) is 23.6. The lowest BCUT2D eigenvalue weighted by molar-refractivity contribution is -0.148. The van der Waals surface area contributed by atoms with Crippen molar-refractivity contribution in [1.82, 2.24) is 9.47 Å². The SMILES string of the molecule is COc1ccc(CCn2c(C)cc(C(=O)COC(=O)CN3CCCCCC3=O)c2C)cc1. The second-order valence-electron chi connectivity index (χ2n) is 8.24. The number of methoxy groups -OCH3 is 1. The lowest BCUT2D eigenvalue weighted by Crippen LogP contribution is -2.36. The number of carbonyl (C=O) groups excluding carboxylic acids is 3. The van der Waals surface area contributed by atoms with Crippen molar-refractivity contribution in [3.8, 4) is 5.75 Å². The molecule has 0 spiro atoms. The van der Waals surface area contributed by atoms with Crippen LogP contribution >= 0.6 is 0 Å². The maximum absolute atomic E-state index is 12.7. The molecule has 0 bridgehead atoms. The Balaban J connectivity index is 1.54. The Labute approximate surface area is 189 Å². The maximum Gasteiger partial charge on any atom is 0.326 e. The predicted octanol–water partition coefficient (Wildman–Crippen LogP) is 3.48. The zero-order valence-electron chi connectivity index (χ0n) is 19.2. The van der Waals surface area contributed by atoms with Gasteiger partial charge in [-0.1, -0.05) is 18.6 Å². The molecule has 172 valence electrons. The van der Waals surface area contributed by atoms with Gasteiger partial charge in [-0.25, -0.2) is 0 Å². The normalized spacial score (nSPS) is 14.2. The number of carbonyl (C=O) groups is 3. The van der Waals surface area contributed by atoms with E-state index in [2.05, 4.69) is 4.57 Å². The zero-order chi connectivity index (χ0) is 23.1. The monoisotopic (exact) mass is 440 g/mol. The van der Waals surface area contributed by atoms with Crippen molar-refractivity contribution in [2.45, 2.75) is 52.5 Å². The van der Waals surface area contributed by atoms with Crippen LogP contribution in [-0.4, -0.2) is 53.9 Å². The van der Waals surface area contributed by atoms with E-state index in [0.29, 0.717) is 18.5 Å². The highest BCUT2D eigenvalue weighted by Gasteiger charge is 2.22. The van der Waals surface area contributed by atoms with Crippen molar-refractivity contribution in [1.29, 1.82) is 0 Å². The number of Topliss-reactive ketones (excluding diaryl/α,β-unsaturated/α-hetero) is 1. The summed E-state index contributed by atoms with van der Waals surface area (Å²) in [6, 6.07) is 9.79. The van der Waals surface area contributed by atoms with Gasteiger partial charge in [-0.05, 0) is 56.9 Å². The first-order valence-corrected chi connectivity index (χ1v) is 11.1. The van der Waals surface area contributed by atoms with Crippen LogP contribution in [0.25, 0.3) is 0 Å². The molecule has 0 aliphatic carbocycles. The van der Waals surface area contributed by atoms with Gasteiger partial charge in [0.15, 0.2) is 6.61 Å². The van der Waals surface area contributed by atoms with E-state index in [1.54, 1.807) is 7.11 Å². The second-order valence-corrected chi connectivity index (χ2v) is 8.24. The third-order valence-electron chi connectivity index (χ3n) is 6.01. The van der Waals surface area contributed by atoms with Crippen molar-refractivity contribution < 1.29 is 23.9 Å². The molecule has 0 atom stereocenters. The molecular weight excluding hydrogens is 408 g/mol. The third kappa shape index (κ3) is 5.99. The predicted molar refractivity (Wildman–Crippen MR) is 121 cm³/mol. The molecule has 1 saturated heterocycles. The van der Waals surface area contributed by atoms with E-state index in [4.69, 9.17) is 9.47 Å². The van der Waals surface area contributed by atoms with Gasteiger partial charge < -0.3 is 18.9 Å². The van der Waals surface area contributed by atoms with E-state index in [9.17, 15) is 14.4 Å². The third-order valence-corrected chi connectivity index (χ3v) is 6.01. The molecule has 1 amide bonds. The summed E-state index contributed by atoms with van der Waals surface area (Å²) in [6.45, 7) is 4.78. The van der Waals surface area contributed by atoms with Gasteiger partial charge in [-0.3, -0.25) is 14.4 Å². The summed E-state index contributed by atoms with van der Waals surface area (Å²) in [5.74, 6) is 0.0298. The summed E-state index contributed by atoms with van der Waals surface area (Å²) in [7, 11) is 1.64. The number of ketones is 1. The molecule has 32 heavy (non-hydrogen) atoms. The van der Waals surface area contributed by atoms with Crippen LogP contribution in [-0.2, 0) is 27.3 Å². The van der Waals surface area contributed by atoms with Gasteiger partial charge in [0, 0.05) is 36.5 Å². The lowest BCUT2D eigenvalue weighted by Gasteiger charge is -2.19. The number of benzene rings is 1. The summed E-state index contributed by atoms with van der Waals surface area (Å²) in [5, 5.41) is 0. The van der Waals surface area contributed by atoms with Gasteiger partial charge in [0.2, 0.25) is 11.7 Å². The van der Waals surface area contributed by atoms with Crippen LogP contribution in [0.4, 0.5) is 0 Å². The van der Waals surface area contributed by atoms with Crippen LogP contribution in [0.15, 0.2) is 30.3 Å². The molecule has 1 aromatic carbocycles. The van der Waals surface area contributed by atoms with Crippen molar-refractivity contribution >= 4 is 17.7 Å². The summed E-state index contributed by atoms with van der Waals surface area (Å²) in [6.07, 6.45) is 4.03. The van der Waals surface area contributed by atoms with Gasteiger partial charge in [0.1, 0.15) is 12.3 Å². The van der Waals surface area contributed by atoms with Crippen molar-refractivity contribution in [2.24, 2.45) is 0 Å². The Morgan fingerprint density at radius 1 is 1.06 bits per heavy atom.